The molecule has 0 saturated heterocycles. The first-order valence-corrected chi connectivity index (χ1v) is 16.6. The van der Waals surface area contributed by atoms with Crippen LogP contribution in [0.4, 0.5) is 8.78 Å². The largest absolute Gasteiger partial charge is 0.489 e. The molecule has 8 nitrogen and oxygen atoms in total. The number of benzene rings is 4. The van der Waals surface area contributed by atoms with Crippen LogP contribution in [0.3, 0.4) is 0 Å². The molecule has 6 aromatic rings. The van der Waals surface area contributed by atoms with Crippen LogP contribution in [-0.4, -0.2) is 36.4 Å². The van der Waals surface area contributed by atoms with E-state index in [0.717, 1.165) is 0 Å². The Labute approximate surface area is 300 Å². The van der Waals surface area contributed by atoms with Crippen molar-refractivity contribution < 1.29 is 27.7 Å². The number of rotatable bonds is 13. The quantitative estimate of drug-likeness (QED) is 0.110. The van der Waals surface area contributed by atoms with Gasteiger partial charge in [-0.15, -0.1) is 0 Å². The lowest BCUT2D eigenvalue weighted by molar-refractivity contribution is 0.218. The van der Waals surface area contributed by atoms with E-state index in [9.17, 15) is 19.3 Å². The average molecular weight is 695 g/mol. The SMILES string of the molecule is CCOc1nc(-c2ccc(F)cc2)cc(-c2ccccc2OCCOc2ccccc2-c2cc(-c3ccc(F)cc3)nc(OCC)c2C#N)c1C#N. The van der Waals surface area contributed by atoms with E-state index in [0.29, 0.717) is 69.5 Å². The van der Waals surface area contributed by atoms with Crippen molar-refractivity contribution in [3.8, 4) is 80.2 Å². The molecule has 0 bridgehead atoms. The third-order valence-electron chi connectivity index (χ3n) is 7.99. The lowest BCUT2D eigenvalue weighted by Crippen LogP contribution is -2.10. The van der Waals surface area contributed by atoms with Crippen LogP contribution in [0.15, 0.2) is 109 Å². The van der Waals surface area contributed by atoms with Crippen LogP contribution in [-0.2, 0) is 0 Å². The van der Waals surface area contributed by atoms with Crippen molar-refractivity contribution in [3.05, 3.63) is 132 Å². The van der Waals surface area contributed by atoms with Gasteiger partial charge < -0.3 is 18.9 Å². The van der Waals surface area contributed by atoms with Gasteiger partial charge in [0.2, 0.25) is 11.8 Å². The normalized spacial score (nSPS) is 10.6. The first-order chi connectivity index (χ1) is 25.4. The highest BCUT2D eigenvalue weighted by atomic mass is 19.1. The van der Waals surface area contributed by atoms with Gasteiger partial charge in [-0.1, -0.05) is 36.4 Å². The molecule has 2 aromatic heterocycles. The van der Waals surface area contributed by atoms with Gasteiger partial charge in [-0.25, -0.2) is 18.7 Å². The van der Waals surface area contributed by atoms with E-state index in [-0.39, 0.29) is 47.7 Å². The van der Waals surface area contributed by atoms with E-state index in [4.69, 9.17) is 18.9 Å². The summed E-state index contributed by atoms with van der Waals surface area (Å²) in [6.45, 7) is 4.46. The zero-order chi connectivity index (χ0) is 36.5. The summed E-state index contributed by atoms with van der Waals surface area (Å²) in [7, 11) is 0. The zero-order valence-corrected chi connectivity index (χ0v) is 28.4. The molecule has 10 heteroatoms. The van der Waals surface area contributed by atoms with Crippen molar-refractivity contribution in [1.29, 1.82) is 10.5 Å². The van der Waals surface area contributed by atoms with Gasteiger partial charge in [-0.2, -0.15) is 10.5 Å². The third kappa shape index (κ3) is 7.67. The number of halogens is 2. The number of aromatic nitrogens is 2. The molecule has 0 fully saturated rings. The monoisotopic (exact) mass is 694 g/mol. The Bertz CT molecular complexity index is 2120. The second-order valence-corrected chi connectivity index (χ2v) is 11.3. The van der Waals surface area contributed by atoms with Crippen molar-refractivity contribution in [2.75, 3.05) is 26.4 Å². The summed E-state index contributed by atoms with van der Waals surface area (Å²) in [5.41, 5.74) is 5.19. The number of nitrogens with zero attached hydrogens (tertiary/aromatic N) is 4. The van der Waals surface area contributed by atoms with Crippen LogP contribution < -0.4 is 18.9 Å². The van der Waals surface area contributed by atoms with Crippen molar-refractivity contribution >= 4 is 0 Å². The maximum Gasteiger partial charge on any atom is 0.232 e. The van der Waals surface area contributed by atoms with Crippen LogP contribution >= 0.6 is 0 Å². The predicted molar refractivity (Wildman–Crippen MR) is 193 cm³/mol. The minimum Gasteiger partial charge on any atom is -0.489 e. The highest BCUT2D eigenvalue weighted by Crippen LogP contribution is 2.40. The molecule has 0 aliphatic heterocycles. The molecule has 0 aliphatic carbocycles. The molecule has 0 radical (unpaired) electrons. The van der Waals surface area contributed by atoms with Gasteiger partial charge >= 0.3 is 0 Å². The standard InChI is InChI=1S/C42H32F2N4O4/c1-3-49-41-35(25-45)33(23-37(47-41)27-13-17-29(43)18-14-27)31-9-5-7-11-39(31)51-21-22-52-40-12-8-6-10-32(40)34-24-38(28-15-19-30(44)20-16-28)48-42(50-4-2)36(34)26-46/h5-20,23-24H,3-4,21-22H2,1-2H3. The summed E-state index contributed by atoms with van der Waals surface area (Å²) >= 11 is 0. The van der Waals surface area contributed by atoms with Crippen LogP contribution in [0.2, 0.25) is 0 Å². The lowest BCUT2D eigenvalue weighted by atomic mass is 9.98. The van der Waals surface area contributed by atoms with E-state index in [1.54, 1.807) is 62.4 Å². The molecule has 6 rings (SSSR count). The fourth-order valence-electron chi connectivity index (χ4n) is 5.64. The first-order valence-electron chi connectivity index (χ1n) is 16.6. The summed E-state index contributed by atoms with van der Waals surface area (Å²) in [4.78, 5) is 9.14. The smallest absolute Gasteiger partial charge is 0.232 e. The zero-order valence-electron chi connectivity index (χ0n) is 28.4. The van der Waals surface area contributed by atoms with Crippen LogP contribution in [0.25, 0.3) is 44.8 Å². The minimum absolute atomic E-state index is 0.133. The van der Waals surface area contributed by atoms with Crippen molar-refractivity contribution in [1.82, 2.24) is 9.97 Å². The van der Waals surface area contributed by atoms with Gasteiger partial charge in [-0.3, -0.25) is 0 Å². The second kappa shape index (κ2) is 16.3. The van der Waals surface area contributed by atoms with Gasteiger partial charge in [-0.05, 0) is 86.6 Å². The summed E-state index contributed by atoms with van der Waals surface area (Å²) in [5.74, 6) is 0.589. The van der Waals surface area contributed by atoms with E-state index < -0.39 is 0 Å². The Kier molecular flexibility index (Phi) is 11.0. The summed E-state index contributed by atoms with van der Waals surface area (Å²) in [5, 5.41) is 20.4. The molecule has 0 saturated carbocycles. The highest BCUT2D eigenvalue weighted by molar-refractivity contribution is 5.82. The average Bonchev–Trinajstić information content (AvgIpc) is 3.17. The lowest BCUT2D eigenvalue weighted by Gasteiger charge is -2.17. The van der Waals surface area contributed by atoms with Gasteiger partial charge in [0.15, 0.2) is 0 Å². The number of hydrogen-bond acceptors (Lipinski definition) is 8. The number of ether oxygens (including phenoxy) is 4. The summed E-state index contributed by atoms with van der Waals surface area (Å²) in [6, 6.07) is 34.5. The van der Waals surface area contributed by atoms with Gasteiger partial charge in [0.05, 0.1) is 24.6 Å². The molecule has 258 valence electrons. The van der Waals surface area contributed by atoms with Crippen LogP contribution in [0.5, 0.6) is 23.3 Å². The van der Waals surface area contributed by atoms with E-state index in [1.807, 2.05) is 36.4 Å². The van der Waals surface area contributed by atoms with E-state index in [1.165, 1.54) is 24.3 Å². The maximum absolute atomic E-state index is 13.7. The molecular weight excluding hydrogens is 662 g/mol. The number of pyridine rings is 2. The molecule has 0 spiro atoms. The van der Waals surface area contributed by atoms with Crippen LogP contribution in [0.1, 0.15) is 25.0 Å². The van der Waals surface area contributed by atoms with Crippen molar-refractivity contribution in [2.45, 2.75) is 13.8 Å². The molecule has 0 amide bonds. The predicted octanol–water partition coefficient (Wildman–Crippen LogP) is 9.42. The van der Waals surface area contributed by atoms with E-state index >= 15 is 0 Å². The fraction of sp³-hybridized carbons (Fsp3) is 0.143. The Balaban J connectivity index is 1.28. The van der Waals surface area contributed by atoms with Crippen LogP contribution in [0, 0.1) is 34.3 Å². The maximum atomic E-state index is 13.7. The third-order valence-corrected chi connectivity index (χ3v) is 7.99. The van der Waals surface area contributed by atoms with Crippen molar-refractivity contribution in [3.63, 3.8) is 0 Å². The van der Waals surface area contributed by atoms with Crippen molar-refractivity contribution in [2.24, 2.45) is 0 Å². The highest BCUT2D eigenvalue weighted by Gasteiger charge is 2.21. The van der Waals surface area contributed by atoms with Gasteiger partial charge in [0.1, 0.15) is 59.6 Å². The summed E-state index contributed by atoms with van der Waals surface area (Å²) in [6.07, 6.45) is 0. The molecule has 0 unspecified atom stereocenters. The molecule has 0 atom stereocenters. The molecular formula is C42H32F2N4O4. The molecule has 4 aromatic carbocycles. The molecule has 52 heavy (non-hydrogen) atoms. The van der Waals surface area contributed by atoms with E-state index in [2.05, 4.69) is 22.1 Å². The Morgan fingerprint density at radius 1 is 0.519 bits per heavy atom. The Morgan fingerprint density at radius 2 is 0.904 bits per heavy atom. The second-order valence-electron chi connectivity index (χ2n) is 11.3. The summed E-state index contributed by atoms with van der Waals surface area (Å²) < 4.78 is 51.4. The molecule has 2 heterocycles. The molecule has 0 N–H and O–H groups in total. The first kappa shape index (κ1) is 35.1. The Hall–Kier alpha value is -6.78. The number of para-hydroxylation sites is 2. The minimum atomic E-state index is -0.373. The fourth-order valence-corrected chi connectivity index (χ4v) is 5.64. The van der Waals surface area contributed by atoms with Gasteiger partial charge in [0.25, 0.3) is 0 Å². The molecule has 0 aliphatic rings. The van der Waals surface area contributed by atoms with Gasteiger partial charge in [0, 0.05) is 33.4 Å². The number of nitriles is 2. The topological polar surface area (TPSA) is 110 Å². The Morgan fingerprint density at radius 3 is 1.27 bits per heavy atom. The number of hydrogen-bond donors (Lipinski definition) is 0.